The molecular weight excluding hydrogens is 612 g/mol. The zero-order chi connectivity index (χ0) is 33.9. The molecule has 0 unspecified atom stereocenters. The Morgan fingerprint density at radius 3 is 2.21 bits per heavy atom. The SMILES string of the molecule is COc1ccc(-c2ccc(C(=N)NC(=O)OCc3ccccc3)cc2)cc1C(=O)N[C@H]1CC[C@H](C(=O)OCC(=O)N2CCCCC2)CC1. The Labute approximate surface area is 280 Å². The van der Waals surface area contributed by atoms with E-state index in [1.54, 1.807) is 29.2 Å². The summed E-state index contributed by atoms with van der Waals surface area (Å²) in [6.45, 7) is 1.34. The third-order valence-electron chi connectivity index (χ3n) is 8.83. The first-order valence-electron chi connectivity index (χ1n) is 16.4. The van der Waals surface area contributed by atoms with E-state index >= 15 is 0 Å². The number of amidine groups is 1. The van der Waals surface area contributed by atoms with E-state index in [2.05, 4.69) is 10.6 Å². The molecular formula is C37H42N4O7. The zero-order valence-electron chi connectivity index (χ0n) is 27.2. The molecule has 1 heterocycles. The first-order valence-corrected chi connectivity index (χ1v) is 16.4. The first kappa shape index (κ1) is 34.2. The van der Waals surface area contributed by atoms with E-state index < -0.39 is 6.09 Å². The number of esters is 1. The molecule has 1 saturated carbocycles. The van der Waals surface area contributed by atoms with Crippen LogP contribution < -0.4 is 15.4 Å². The molecule has 2 aliphatic rings. The molecule has 3 aromatic rings. The van der Waals surface area contributed by atoms with Crippen LogP contribution in [0.4, 0.5) is 4.79 Å². The molecule has 2 fully saturated rings. The number of amides is 3. The summed E-state index contributed by atoms with van der Waals surface area (Å²) in [5, 5.41) is 13.8. The topological polar surface area (TPSA) is 147 Å². The van der Waals surface area contributed by atoms with Gasteiger partial charge >= 0.3 is 12.1 Å². The minimum atomic E-state index is -0.716. The Balaban J connectivity index is 1.11. The minimum absolute atomic E-state index is 0.0941. The summed E-state index contributed by atoms with van der Waals surface area (Å²) in [7, 11) is 1.51. The fraction of sp³-hybridized carbons (Fsp3) is 0.378. The Morgan fingerprint density at radius 1 is 0.833 bits per heavy atom. The van der Waals surface area contributed by atoms with Gasteiger partial charge in [-0.3, -0.25) is 25.1 Å². The second-order valence-electron chi connectivity index (χ2n) is 12.1. The van der Waals surface area contributed by atoms with Gasteiger partial charge in [0.25, 0.3) is 11.8 Å². The molecule has 3 amide bonds. The zero-order valence-corrected chi connectivity index (χ0v) is 27.2. The molecule has 11 nitrogen and oxygen atoms in total. The number of ether oxygens (including phenoxy) is 3. The molecule has 5 rings (SSSR count). The van der Waals surface area contributed by atoms with Crippen molar-refractivity contribution in [2.45, 2.75) is 57.6 Å². The van der Waals surface area contributed by atoms with Gasteiger partial charge in [-0.25, -0.2) is 4.79 Å². The number of rotatable bonds is 10. The van der Waals surface area contributed by atoms with E-state index in [0.29, 0.717) is 42.6 Å². The molecule has 252 valence electrons. The van der Waals surface area contributed by atoms with E-state index in [9.17, 15) is 19.2 Å². The summed E-state index contributed by atoms with van der Waals surface area (Å²) in [6, 6.07) is 21.6. The maximum Gasteiger partial charge on any atom is 0.413 e. The smallest absolute Gasteiger partial charge is 0.413 e. The van der Waals surface area contributed by atoms with Crippen molar-refractivity contribution in [1.29, 1.82) is 5.41 Å². The summed E-state index contributed by atoms with van der Waals surface area (Å²) >= 11 is 0. The maximum absolute atomic E-state index is 13.4. The second kappa shape index (κ2) is 16.6. The lowest BCUT2D eigenvalue weighted by molar-refractivity contribution is -0.156. The van der Waals surface area contributed by atoms with Crippen LogP contribution in [0.3, 0.4) is 0 Å². The normalized spacial score (nSPS) is 17.5. The molecule has 0 bridgehead atoms. The molecule has 0 spiro atoms. The van der Waals surface area contributed by atoms with Gasteiger partial charge in [0, 0.05) is 24.7 Å². The first-order chi connectivity index (χ1) is 23.3. The molecule has 48 heavy (non-hydrogen) atoms. The molecule has 1 aliphatic heterocycles. The Hall–Kier alpha value is -5.19. The van der Waals surface area contributed by atoms with E-state index in [-0.39, 0.29) is 48.8 Å². The Morgan fingerprint density at radius 2 is 1.52 bits per heavy atom. The molecule has 3 N–H and O–H groups in total. The third-order valence-corrected chi connectivity index (χ3v) is 8.83. The van der Waals surface area contributed by atoms with Gasteiger partial charge in [0.1, 0.15) is 18.2 Å². The molecule has 0 radical (unpaired) electrons. The van der Waals surface area contributed by atoms with E-state index in [4.69, 9.17) is 19.6 Å². The lowest BCUT2D eigenvalue weighted by Gasteiger charge is -2.29. The number of methoxy groups -OCH3 is 1. The monoisotopic (exact) mass is 654 g/mol. The maximum atomic E-state index is 13.4. The van der Waals surface area contributed by atoms with Crippen molar-refractivity contribution in [2.24, 2.45) is 5.92 Å². The predicted molar refractivity (Wildman–Crippen MR) is 180 cm³/mol. The van der Waals surface area contributed by atoms with E-state index in [1.807, 2.05) is 48.5 Å². The number of nitrogens with zero attached hydrogens (tertiary/aromatic N) is 1. The molecule has 11 heteroatoms. The van der Waals surface area contributed by atoms with Crippen LogP contribution in [0, 0.1) is 11.3 Å². The van der Waals surface area contributed by atoms with Crippen molar-refractivity contribution in [1.82, 2.24) is 15.5 Å². The van der Waals surface area contributed by atoms with Gasteiger partial charge in [-0.05, 0) is 73.8 Å². The van der Waals surface area contributed by atoms with Gasteiger partial charge in [-0.2, -0.15) is 0 Å². The van der Waals surface area contributed by atoms with Crippen LogP contribution >= 0.6 is 0 Å². The number of nitrogens with one attached hydrogen (secondary N) is 3. The van der Waals surface area contributed by atoms with Crippen molar-refractivity contribution in [2.75, 3.05) is 26.8 Å². The average Bonchev–Trinajstić information content (AvgIpc) is 3.13. The van der Waals surface area contributed by atoms with E-state index in [0.717, 1.165) is 49.0 Å². The lowest BCUT2D eigenvalue weighted by Crippen LogP contribution is -2.40. The van der Waals surface area contributed by atoms with Crippen LogP contribution in [0.25, 0.3) is 11.1 Å². The highest BCUT2D eigenvalue weighted by atomic mass is 16.5. The van der Waals surface area contributed by atoms with Crippen LogP contribution in [0.2, 0.25) is 0 Å². The minimum Gasteiger partial charge on any atom is -0.496 e. The van der Waals surface area contributed by atoms with Crippen molar-refractivity contribution in [3.63, 3.8) is 0 Å². The quantitative estimate of drug-likeness (QED) is 0.150. The summed E-state index contributed by atoms with van der Waals surface area (Å²) in [5.74, 6) is -0.705. The number of likely N-dealkylation sites (tertiary alicyclic amines) is 1. The van der Waals surface area contributed by atoms with Gasteiger partial charge in [0.15, 0.2) is 6.61 Å². The van der Waals surface area contributed by atoms with Crippen molar-refractivity contribution < 1.29 is 33.4 Å². The number of piperidine rings is 1. The molecule has 3 aromatic carbocycles. The highest BCUT2D eigenvalue weighted by Gasteiger charge is 2.30. The average molecular weight is 655 g/mol. The van der Waals surface area contributed by atoms with Gasteiger partial charge in [0.05, 0.1) is 18.6 Å². The highest BCUT2D eigenvalue weighted by molar-refractivity contribution is 6.04. The summed E-state index contributed by atoms with van der Waals surface area (Å²) in [4.78, 5) is 52.3. The highest BCUT2D eigenvalue weighted by Crippen LogP contribution is 2.29. The molecule has 1 saturated heterocycles. The van der Waals surface area contributed by atoms with Gasteiger partial charge in [-0.15, -0.1) is 0 Å². The van der Waals surface area contributed by atoms with Gasteiger partial charge < -0.3 is 24.4 Å². The second-order valence-corrected chi connectivity index (χ2v) is 12.1. The number of carbonyl (C=O) groups excluding carboxylic acids is 4. The van der Waals surface area contributed by atoms with Crippen LogP contribution in [-0.4, -0.2) is 67.5 Å². The van der Waals surface area contributed by atoms with Crippen molar-refractivity contribution >= 4 is 29.7 Å². The Kier molecular flexibility index (Phi) is 11.8. The summed E-state index contributed by atoms with van der Waals surface area (Å²) in [6.07, 6.45) is 4.76. The number of benzene rings is 3. The van der Waals surface area contributed by atoms with Crippen LogP contribution in [0.15, 0.2) is 72.8 Å². The fourth-order valence-corrected chi connectivity index (χ4v) is 6.05. The number of alkyl carbamates (subject to hydrolysis) is 1. The van der Waals surface area contributed by atoms with Crippen LogP contribution in [0.1, 0.15) is 66.4 Å². The van der Waals surface area contributed by atoms with Crippen LogP contribution in [0.5, 0.6) is 5.75 Å². The lowest BCUT2D eigenvalue weighted by atomic mass is 9.86. The van der Waals surface area contributed by atoms with Crippen LogP contribution in [-0.2, 0) is 25.7 Å². The predicted octanol–water partition coefficient (Wildman–Crippen LogP) is 5.46. The standard InChI is InChI=1S/C37H42N4O7/c1-46-32-19-16-29(26-10-12-27(13-11-26)34(38)40-37(45)48-23-25-8-4-2-5-9-25)22-31(32)35(43)39-30-17-14-28(15-18-30)36(44)47-24-33(42)41-20-6-3-7-21-41/h2,4-5,8-13,16,19,22,28,30H,3,6-7,14-15,17-18,20-21,23-24H2,1H3,(H,39,43)(H2,38,40,45)/t28-,30-. The summed E-state index contributed by atoms with van der Waals surface area (Å²) in [5.41, 5.74) is 3.31. The van der Waals surface area contributed by atoms with E-state index in [1.165, 1.54) is 7.11 Å². The summed E-state index contributed by atoms with van der Waals surface area (Å²) < 4.78 is 16.1. The number of hydrogen-bond donors (Lipinski definition) is 3. The molecule has 1 aliphatic carbocycles. The number of carbonyl (C=O) groups is 4. The molecule has 0 atom stereocenters. The fourth-order valence-electron chi connectivity index (χ4n) is 6.05. The Bertz CT molecular complexity index is 1600. The van der Waals surface area contributed by atoms with Crippen molar-refractivity contribution in [3.05, 3.63) is 89.5 Å². The van der Waals surface area contributed by atoms with Gasteiger partial charge in [0.2, 0.25) is 0 Å². The van der Waals surface area contributed by atoms with Crippen molar-refractivity contribution in [3.8, 4) is 16.9 Å². The third kappa shape index (κ3) is 9.21. The van der Waals surface area contributed by atoms with Gasteiger partial charge in [-0.1, -0.05) is 60.7 Å². The number of hydrogen-bond acceptors (Lipinski definition) is 8. The molecule has 0 aromatic heterocycles. The largest absolute Gasteiger partial charge is 0.496 e.